The average Bonchev–Trinajstić information content (AvgIpc) is 2.31. The summed E-state index contributed by atoms with van der Waals surface area (Å²) in [5, 5.41) is 9.50. The molecule has 0 spiro atoms. The molecule has 0 saturated carbocycles. The SMILES string of the molecule is COC(=O)CC(O)CCSc1ccc(F)cc1. The second-order valence-corrected chi connectivity index (χ2v) is 4.69. The van der Waals surface area contributed by atoms with E-state index in [-0.39, 0.29) is 12.2 Å². The molecule has 0 heterocycles. The summed E-state index contributed by atoms with van der Waals surface area (Å²) in [5.74, 6) is -0.00609. The summed E-state index contributed by atoms with van der Waals surface area (Å²) < 4.78 is 17.1. The van der Waals surface area contributed by atoms with Crippen molar-refractivity contribution in [1.29, 1.82) is 0 Å². The number of carbonyl (C=O) groups excluding carboxylic acids is 1. The number of benzene rings is 1. The standard InChI is InChI=1S/C12H15FO3S/c1-16-12(15)8-10(14)6-7-17-11-4-2-9(13)3-5-11/h2-5,10,14H,6-8H2,1H3. The van der Waals surface area contributed by atoms with E-state index in [1.54, 1.807) is 12.1 Å². The van der Waals surface area contributed by atoms with E-state index in [1.807, 2.05) is 0 Å². The molecule has 1 unspecified atom stereocenters. The van der Waals surface area contributed by atoms with E-state index in [1.165, 1.54) is 31.0 Å². The van der Waals surface area contributed by atoms with Crippen LogP contribution in [0.3, 0.4) is 0 Å². The van der Waals surface area contributed by atoms with Gasteiger partial charge < -0.3 is 9.84 Å². The lowest BCUT2D eigenvalue weighted by Gasteiger charge is -2.08. The Morgan fingerprint density at radius 3 is 2.71 bits per heavy atom. The predicted molar refractivity (Wildman–Crippen MR) is 64.4 cm³/mol. The molecule has 17 heavy (non-hydrogen) atoms. The Bertz CT molecular complexity index is 353. The van der Waals surface area contributed by atoms with Gasteiger partial charge in [0.05, 0.1) is 19.6 Å². The maximum absolute atomic E-state index is 12.6. The van der Waals surface area contributed by atoms with Gasteiger partial charge >= 0.3 is 5.97 Å². The number of carbonyl (C=O) groups is 1. The Morgan fingerprint density at radius 2 is 2.12 bits per heavy atom. The first-order chi connectivity index (χ1) is 8.11. The second-order valence-electron chi connectivity index (χ2n) is 3.53. The summed E-state index contributed by atoms with van der Waals surface area (Å²) in [4.78, 5) is 11.8. The van der Waals surface area contributed by atoms with Gasteiger partial charge in [0, 0.05) is 10.6 Å². The number of hydrogen-bond acceptors (Lipinski definition) is 4. The Morgan fingerprint density at radius 1 is 1.47 bits per heavy atom. The van der Waals surface area contributed by atoms with Crippen molar-refractivity contribution < 1.29 is 19.0 Å². The van der Waals surface area contributed by atoms with Crippen LogP contribution in [0.1, 0.15) is 12.8 Å². The van der Waals surface area contributed by atoms with Crippen LogP contribution in [0.25, 0.3) is 0 Å². The lowest BCUT2D eigenvalue weighted by molar-refractivity contribution is -0.142. The molecule has 1 aromatic carbocycles. The van der Waals surface area contributed by atoms with E-state index in [2.05, 4.69) is 4.74 Å². The molecule has 1 rings (SSSR count). The number of thioether (sulfide) groups is 1. The fourth-order valence-corrected chi connectivity index (χ4v) is 2.18. The third-order valence-corrected chi connectivity index (χ3v) is 3.21. The zero-order valence-corrected chi connectivity index (χ0v) is 10.4. The normalized spacial score (nSPS) is 12.2. The minimum Gasteiger partial charge on any atom is -0.469 e. The zero-order valence-electron chi connectivity index (χ0n) is 9.56. The largest absolute Gasteiger partial charge is 0.469 e. The molecular weight excluding hydrogens is 243 g/mol. The van der Waals surface area contributed by atoms with E-state index < -0.39 is 12.1 Å². The molecule has 1 atom stereocenters. The van der Waals surface area contributed by atoms with Crippen molar-refractivity contribution in [2.24, 2.45) is 0 Å². The number of ether oxygens (including phenoxy) is 1. The van der Waals surface area contributed by atoms with Gasteiger partial charge in [0.2, 0.25) is 0 Å². The quantitative estimate of drug-likeness (QED) is 0.628. The molecule has 0 amide bonds. The number of methoxy groups -OCH3 is 1. The van der Waals surface area contributed by atoms with Crippen LogP contribution in [0.15, 0.2) is 29.2 Å². The van der Waals surface area contributed by atoms with E-state index in [9.17, 15) is 14.3 Å². The highest BCUT2D eigenvalue weighted by atomic mass is 32.2. The summed E-state index contributed by atoms with van der Waals surface area (Å²) in [6, 6.07) is 6.17. The lowest BCUT2D eigenvalue weighted by Crippen LogP contribution is -2.15. The molecule has 0 aliphatic heterocycles. The predicted octanol–water partition coefficient (Wildman–Crippen LogP) is 2.23. The second kappa shape index (κ2) is 7.29. The monoisotopic (exact) mass is 258 g/mol. The van der Waals surface area contributed by atoms with Crippen LogP contribution in [0.4, 0.5) is 4.39 Å². The van der Waals surface area contributed by atoms with Crippen molar-refractivity contribution >= 4 is 17.7 Å². The van der Waals surface area contributed by atoms with Crippen molar-refractivity contribution in [3.8, 4) is 0 Å². The summed E-state index contributed by atoms with van der Waals surface area (Å²) in [7, 11) is 1.29. The first-order valence-corrected chi connectivity index (χ1v) is 6.23. The van der Waals surface area contributed by atoms with E-state index in [0.717, 1.165) is 4.90 Å². The third kappa shape index (κ3) is 5.70. The number of hydrogen-bond donors (Lipinski definition) is 1. The van der Waals surface area contributed by atoms with Gasteiger partial charge in [-0.1, -0.05) is 0 Å². The van der Waals surface area contributed by atoms with Crippen LogP contribution in [0.2, 0.25) is 0 Å². The first kappa shape index (κ1) is 14.0. The highest BCUT2D eigenvalue weighted by Gasteiger charge is 2.10. The van der Waals surface area contributed by atoms with Crippen molar-refractivity contribution in [3.63, 3.8) is 0 Å². The van der Waals surface area contributed by atoms with Crippen LogP contribution in [-0.2, 0) is 9.53 Å². The van der Waals surface area contributed by atoms with Gasteiger partial charge in [0.1, 0.15) is 5.82 Å². The Balaban J connectivity index is 2.23. The number of aliphatic hydroxyl groups excluding tert-OH is 1. The number of esters is 1. The first-order valence-electron chi connectivity index (χ1n) is 5.25. The molecule has 94 valence electrons. The summed E-state index contributed by atoms with van der Waals surface area (Å²) >= 11 is 1.51. The van der Waals surface area contributed by atoms with Crippen molar-refractivity contribution in [3.05, 3.63) is 30.1 Å². The highest BCUT2D eigenvalue weighted by Crippen LogP contribution is 2.19. The molecule has 1 aromatic rings. The molecule has 5 heteroatoms. The maximum Gasteiger partial charge on any atom is 0.308 e. The molecule has 0 saturated heterocycles. The molecule has 1 N–H and O–H groups in total. The summed E-state index contributed by atoms with van der Waals surface area (Å²) in [5.41, 5.74) is 0. The van der Waals surface area contributed by atoms with Crippen molar-refractivity contribution in [2.45, 2.75) is 23.8 Å². The minimum absolute atomic E-state index is 0.0144. The molecule has 3 nitrogen and oxygen atoms in total. The van der Waals surface area contributed by atoms with Crippen LogP contribution in [0, 0.1) is 5.82 Å². The smallest absolute Gasteiger partial charge is 0.308 e. The third-order valence-electron chi connectivity index (χ3n) is 2.16. The Labute approximate surface area is 104 Å². The zero-order chi connectivity index (χ0) is 12.7. The number of aliphatic hydroxyl groups is 1. The van der Waals surface area contributed by atoms with Gasteiger partial charge in [0.15, 0.2) is 0 Å². The number of halogens is 1. The highest BCUT2D eigenvalue weighted by molar-refractivity contribution is 7.99. The Kier molecular flexibility index (Phi) is 6.00. The summed E-state index contributed by atoms with van der Waals surface area (Å²) in [6.45, 7) is 0. The van der Waals surface area contributed by atoms with Gasteiger partial charge in [0.25, 0.3) is 0 Å². The lowest BCUT2D eigenvalue weighted by atomic mass is 10.2. The topological polar surface area (TPSA) is 46.5 Å². The molecule has 0 bridgehead atoms. The number of rotatable bonds is 6. The van der Waals surface area contributed by atoms with Crippen LogP contribution >= 0.6 is 11.8 Å². The van der Waals surface area contributed by atoms with E-state index in [4.69, 9.17) is 0 Å². The fraction of sp³-hybridized carbons (Fsp3) is 0.417. The molecule has 0 aromatic heterocycles. The van der Waals surface area contributed by atoms with Crippen LogP contribution in [-0.4, -0.2) is 30.0 Å². The van der Waals surface area contributed by atoms with Crippen molar-refractivity contribution in [2.75, 3.05) is 12.9 Å². The average molecular weight is 258 g/mol. The molecule has 0 radical (unpaired) electrons. The maximum atomic E-state index is 12.6. The molecule has 0 aliphatic rings. The van der Waals surface area contributed by atoms with E-state index >= 15 is 0 Å². The van der Waals surface area contributed by atoms with Gasteiger partial charge in [-0.25, -0.2) is 4.39 Å². The van der Waals surface area contributed by atoms with Crippen molar-refractivity contribution in [1.82, 2.24) is 0 Å². The molecular formula is C12H15FO3S. The minimum atomic E-state index is -0.685. The molecule has 0 aliphatic carbocycles. The molecule has 0 fully saturated rings. The van der Waals surface area contributed by atoms with Gasteiger partial charge in [-0.15, -0.1) is 11.8 Å². The Hall–Kier alpha value is -1.07. The summed E-state index contributed by atoms with van der Waals surface area (Å²) in [6.07, 6.45) is -0.173. The van der Waals surface area contributed by atoms with Gasteiger partial charge in [-0.3, -0.25) is 4.79 Å². The van der Waals surface area contributed by atoms with E-state index in [0.29, 0.717) is 12.2 Å². The van der Waals surface area contributed by atoms with Gasteiger partial charge in [-0.05, 0) is 30.7 Å². The van der Waals surface area contributed by atoms with Crippen LogP contribution in [0.5, 0.6) is 0 Å². The fourth-order valence-electron chi connectivity index (χ4n) is 1.22. The van der Waals surface area contributed by atoms with Gasteiger partial charge in [-0.2, -0.15) is 0 Å². The van der Waals surface area contributed by atoms with Crippen LogP contribution < -0.4 is 0 Å².